The predicted molar refractivity (Wildman–Crippen MR) is 155 cm³/mol. The average Bonchev–Trinajstić information content (AvgIpc) is 2.98. The number of phenolic OH excluding ortho intramolecular Hbond substituents is 1. The highest BCUT2D eigenvalue weighted by atomic mass is 16.5. The maximum Gasteiger partial charge on any atom is 0.338 e. The highest BCUT2D eigenvalue weighted by Crippen LogP contribution is 2.42. The largest absolute Gasteiger partial charge is 0.507 e. The van der Waals surface area contributed by atoms with Gasteiger partial charge in [0.15, 0.2) is 6.04 Å². The van der Waals surface area contributed by atoms with Gasteiger partial charge in [0.1, 0.15) is 29.7 Å². The van der Waals surface area contributed by atoms with Gasteiger partial charge in [-0.3, -0.25) is 19.2 Å². The molecule has 14 nitrogen and oxygen atoms in total. The van der Waals surface area contributed by atoms with Gasteiger partial charge in [-0.05, 0) is 39.0 Å². The van der Waals surface area contributed by atoms with Crippen LogP contribution in [-0.4, -0.2) is 78.2 Å². The second-order valence-corrected chi connectivity index (χ2v) is 10.7. The lowest BCUT2D eigenvalue weighted by atomic mass is 9.98. The molecule has 1 aliphatic rings. The molecule has 0 aliphatic carbocycles. The third kappa shape index (κ3) is 6.48. The summed E-state index contributed by atoms with van der Waals surface area (Å²) in [6.45, 7) is 4.67. The molecular formula is C30H32N4O10. The summed E-state index contributed by atoms with van der Waals surface area (Å²) in [6, 6.07) is 8.17. The lowest BCUT2D eigenvalue weighted by Crippen LogP contribution is -2.62. The van der Waals surface area contributed by atoms with Crippen molar-refractivity contribution in [2.75, 3.05) is 13.7 Å². The Morgan fingerprint density at radius 2 is 1.64 bits per heavy atom. The third-order valence-electron chi connectivity index (χ3n) is 6.92. The van der Waals surface area contributed by atoms with E-state index in [-0.39, 0.29) is 27.8 Å². The van der Waals surface area contributed by atoms with Gasteiger partial charge in [-0.25, -0.2) is 9.59 Å². The molecule has 4 amide bonds. The van der Waals surface area contributed by atoms with Crippen molar-refractivity contribution in [3.05, 3.63) is 48.0 Å². The quantitative estimate of drug-likeness (QED) is 0.205. The Balaban J connectivity index is 1.91. The number of fused-ring (bicyclic) bond motifs is 3. The molecule has 0 saturated heterocycles. The predicted octanol–water partition coefficient (Wildman–Crippen LogP) is 0.767. The van der Waals surface area contributed by atoms with E-state index in [4.69, 9.17) is 14.2 Å². The highest BCUT2D eigenvalue weighted by molar-refractivity contribution is 6.12. The normalized spacial score (nSPS) is 21.2. The Morgan fingerprint density at radius 1 is 0.977 bits per heavy atom. The van der Waals surface area contributed by atoms with Gasteiger partial charge in [-0.15, -0.1) is 0 Å². The van der Waals surface area contributed by atoms with Crippen LogP contribution in [0.25, 0.3) is 21.5 Å². The second kappa shape index (κ2) is 12.5. The number of methoxy groups -OCH3 is 1. The van der Waals surface area contributed by atoms with Crippen molar-refractivity contribution in [3.63, 3.8) is 0 Å². The topological polar surface area (TPSA) is 198 Å². The minimum Gasteiger partial charge on any atom is -0.507 e. The van der Waals surface area contributed by atoms with Crippen LogP contribution in [0.1, 0.15) is 38.1 Å². The lowest BCUT2D eigenvalue weighted by molar-refractivity contribution is -0.146. The van der Waals surface area contributed by atoms with E-state index in [9.17, 15) is 33.9 Å². The molecule has 0 aromatic heterocycles. The van der Waals surface area contributed by atoms with Crippen molar-refractivity contribution < 1.29 is 48.1 Å². The van der Waals surface area contributed by atoms with Crippen molar-refractivity contribution in [1.82, 2.24) is 21.3 Å². The summed E-state index contributed by atoms with van der Waals surface area (Å²) in [6.07, 6.45) is -1.67. The van der Waals surface area contributed by atoms with Crippen LogP contribution in [0.2, 0.25) is 0 Å². The minimum absolute atomic E-state index is 0.0182. The Kier molecular flexibility index (Phi) is 8.92. The fourth-order valence-electron chi connectivity index (χ4n) is 4.54. The molecule has 0 fully saturated rings. The molecule has 0 saturated carbocycles. The Hall–Kier alpha value is -5.40. The van der Waals surface area contributed by atoms with Crippen LogP contribution in [0.4, 0.5) is 0 Å². The van der Waals surface area contributed by atoms with Gasteiger partial charge in [0.25, 0.3) is 12.1 Å². The van der Waals surface area contributed by atoms with Crippen LogP contribution < -0.4 is 26.0 Å². The number of benzene rings is 3. The van der Waals surface area contributed by atoms with E-state index in [0.717, 1.165) is 7.11 Å². The summed E-state index contributed by atoms with van der Waals surface area (Å²) >= 11 is 0. The van der Waals surface area contributed by atoms with E-state index in [1.165, 1.54) is 45.9 Å². The standard InChI is InChI=1S/C30H32N4O10/c1-14-24(37)33-21(28(40)42-5)13-43-27(39)16-10-11-18-20(12-16)23(19-9-7-6-8-17(19)22(18)36)44-26(32-15(2)35)25(38)34-30(3,4)29(41)31-14/h6-12,14,21,26,36H,13H2,1-5H3,(H,31,41)(H,32,35)(H,33,37)(H,34,38). The first-order valence-corrected chi connectivity index (χ1v) is 13.5. The van der Waals surface area contributed by atoms with Crippen LogP contribution in [-0.2, 0) is 33.4 Å². The molecule has 232 valence electrons. The zero-order valence-electron chi connectivity index (χ0n) is 24.6. The second-order valence-electron chi connectivity index (χ2n) is 10.7. The summed E-state index contributed by atoms with van der Waals surface area (Å²) < 4.78 is 16.2. The molecule has 1 heterocycles. The number of rotatable bonds is 2. The number of ether oxygens (including phenoxy) is 3. The Morgan fingerprint density at radius 3 is 2.30 bits per heavy atom. The first-order valence-electron chi connectivity index (χ1n) is 13.5. The number of esters is 2. The SMILES string of the molecule is COC(=O)C1COC(=O)c2ccc3c(O)c4ccccc4c(c3c2)OC(NC(C)=O)C(=O)NC(C)(C)C(=O)NC(C)C(=O)N1. The number of carbonyl (C=O) groups is 6. The summed E-state index contributed by atoms with van der Waals surface area (Å²) in [5.74, 6) is -5.01. The van der Waals surface area contributed by atoms with E-state index >= 15 is 0 Å². The molecule has 3 atom stereocenters. The van der Waals surface area contributed by atoms with Crippen molar-refractivity contribution in [3.8, 4) is 11.5 Å². The third-order valence-corrected chi connectivity index (χ3v) is 6.92. The molecular weight excluding hydrogens is 576 g/mol. The number of phenols is 1. The fourth-order valence-corrected chi connectivity index (χ4v) is 4.54. The molecule has 44 heavy (non-hydrogen) atoms. The smallest absolute Gasteiger partial charge is 0.338 e. The van der Waals surface area contributed by atoms with Crippen LogP contribution in [0.5, 0.6) is 11.5 Å². The van der Waals surface area contributed by atoms with Crippen LogP contribution in [0, 0.1) is 0 Å². The van der Waals surface area contributed by atoms with Gasteiger partial charge in [-0.2, -0.15) is 0 Å². The summed E-state index contributed by atoms with van der Waals surface area (Å²) in [5, 5.41) is 22.0. The monoisotopic (exact) mass is 608 g/mol. The zero-order chi connectivity index (χ0) is 32.3. The molecule has 3 aromatic rings. The van der Waals surface area contributed by atoms with Crippen molar-refractivity contribution in [2.45, 2.75) is 51.5 Å². The number of hydrogen-bond acceptors (Lipinski definition) is 10. The van der Waals surface area contributed by atoms with Crippen molar-refractivity contribution >= 4 is 57.1 Å². The number of amides is 4. The zero-order valence-corrected chi connectivity index (χ0v) is 24.6. The molecule has 1 aliphatic heterocycles. The lowest BCUT2D eigenvalue weighted by Gasteiger charge is -2.30. The molecule has 3 aromatic carbocycles. The fraction of sp³-hybridized carbons (Fsp3) is 0.333. The van der Waals surface area contributed by atoms with Crippen molar-refractivity contribution in [1.29, 1.82) is 0 Å². The van der Waals surface area contributed by atoms with Gasteiger partial charge in [-0.1, -0.05) is 24.3 Å². The van der Waals surface area contributed by atoms with E-state index < -0.39 is 66.0 Å². The summed E-state index contributed by atoms with van der Waals surface area (Å²) in [5.41, 5.74) is -1.64. The van der Waals surface area contributed by atoms with Crippen LogP contribution in [0.3, 0.4) is 0 Å². The van der Waals surface area contributed by atoms with Gasteiger partial charge in [0.2, 0.25) is 17.7 Å². The molecule has 2 bridgehead atoms. The average molecular weight is 609 g/mol. The van der Waals surface area contributed by atoms with Crippen LogP contribution in [0.15, 0.2) is 42.5 Å². The van der Waals surface area contributed by atoms with Gasteiger partial charge in [0, 0.05) is 28.5 Å². The Labute approximate surface area is 251 Å². The molecule has 5 N–H and O–H groups in total. The van der Waals surface area contributed by atoms with Gasteiger partial charge in [0.05, 0.1) is 12.7 Å². The molecule has 14 heteroatoms. The summed E-state index contributed by atoms with van der Waals surface area (Å²) in [4.78, 5) is 77.1. The molecule has 0 spiro atoms. The first kappa shape index (κ1) is 31.5. The van der Waals surface area contributed by atoms with Gasteiger partial charge < -0.3 is 40.6 Å². The van der Waals surface area contributed by atoms with E-state index in [1.807, 2.05) is 0 Å². The number of aromatic hydroxyl groups is 1. The first-order chi connectivity index (χ1) is 20.7. The highest BCUT2D eigenvalue weighted by Gasteiger charge is 2.36. The number of carbonyl (C=O) groups excluding carboxylic acids is 6. The number of nitrogens with one attached hydrogen (secondary N) is 4. The number of cyclic esters (lactones) is 1. The maximum absolute atomic E-state index is 13.5. The van der Waals surface area contributed by atoms with E-state index in [2.05, 4.69) is 21.3 Å². The molecule has 0 radical (unpaired) electrons. The van der Waals surface area contributed by atoms with Crippen LogP contribution >= 0.6 is 0 Å². The van der Waals surface area contributed by atoms with E-state index in [0.29, 0.717) is 10.8 Å². The number of hydrogen-bond donors (Lipinski definition) is 5. The van der Waals surface area contributed by atoms with E-state index in [1.54, 1.807) is 24.3 Å². The molecule has 4 rings (SSSR count). The minimum atomic E-state index is -1.67. The molecule has 3 unspecified atom stereocenters. The van der Waals surface area contributed by atoms with Crippen molar-refractivity contribution in [2.24, 2.45) is 0 Å². The van der Waals surface area contributed by atoms with Gasteiger partial charge >= 0.3 is 11.9 Å². The Bertz CT molecular complexity index is 1690. The summed E-state index contributed by atoms with van der Waals surface area (Å²) in [7, 11) is 1.09. The maximum atomic E-state index is 13.5.